The number of carbonyl (C=O) groups is 2. The molecule has 0 aliphatic carbocycles. The van der Waals surface area contributed by atoms with E-state index in [-0.39, 0.29) is 23.5 Å². The zero-order valence-electron chi connectivity index (χ0n) is 14.1. The molecule has 0 spiro atoms. The van der Waals surface area contributed by atoms with Gasteiger partial charge in [0.25, 0.3) is 5.91 Å². The molecule has 6 heteroatoms. The molecule has 1 aromatic carbocycles. The van der Waals surface area contributed by atoms with Crippen LogP contribution in [0.4, 0.5) is 10.1 Å². The van der Waals surface area contributed by atoms with E-state index in [1.54, 1.807) is 19.1 Å². The summed E-state index contributed by atoms with van der Waals surface area (Å²) in [5, 5.41) is 0. The van der Waals surface area contributed by atoms with Gasteiger partial charge in [0.15, 0.2) is 5.78 Å². The summed E-state index contributed by atoms with van der Waals surface area (Å²) in [5.41, 5.74) is 6.12. The number of hydrogen-bond donors (Lipinski definition) is 1. The molecule has 5 nitrogen and oxygen atoms in total. The van der Waals surface area contributed by atoms with Crippen molar-refractivity contribution in [2.24, 2.45) is 5.73 Å². The molecule has 1 amide bonds. The summed E-state index contributed by atoms with van der Waals surface area (Å²) in [6.45, 7) is 3.83. The topological polar surface area (TPSA) is 66.6 Å². The van der Waals surface area contributed by atoms with Crippen molar-refractivity contribution >= 4 is 17.4 Å². The Kier molecular flexibility index (Phi) is 6.90. The van der Waals surface area contributed by atoms with Crippen LogP contribution in [0, 0.1) is 5.82 Å². The third kappa shape index (κ3) is 4.89. The average molecular weight is 321 g/mol. The summed E-state index contributed by atoms with van der Waals surface area (Å²) in [7, 11) is 3.71. The van der Waals surface area contributed by atoms with Gasteiger partial charge >= 0.3 is 0 Å². The van der Waals surface area contributed by atoms with Crippen LogP contribution in [0.15, 0.2) is 35.5 Å². The van der Waals surface area contributed by atoms with Gasteiger partial charge in [0.2, 0.25) is 0 Å². The fraction of sp³-hybridized carbons (Fsp3) is 0.412. The van der Waals surface area contributed by atoms with Crippen LogP contribution in [-0.2, 0) is 9.59 Å². The molecular formula is C17H24FN3O2. The van der Waals surface area contributed by atoms with Crippen LogP contribution >= 0.6 is 0 Å². The zero-order chi connectivity index (χ0) is 17.6. The number of para-hydroxylation sites is 1. The van der Waals surface area contributed by atoms with Crippen molar-refractivity contribution in [3.63, 3.8) is 0 Å². The largest absolute Gasteiger partial charge is 0.401 e. The minimum absolute atomic E-state index is 0.0745. The van der Waals surface area contributed by atoms with Gasteiger partial charge in [0.05, 0.1) is 5.69 Å². The first-order valence-corrected chi connectivity index (χ1v) is 7.50. The number of hydrogen-bond acceptors (Lipinski definition) is 4. The molecule has 1 rings (SSSR count). The Morgan fingerprint density at radius 1 is 1.17 bits per heavy atom. The monoisotopic (exact) mass is 321 g/mol. The Morgan fingerprint density at radius 2 is 1.78 bits per heavy atom. The number of nitrogens with two attached hydrogens (primary N) is 1. The predicted octanol–water partition coefficient (Wildman–Crippen LogP) is 1.93. The van der Waals surface area contributed by atoms with Crippen LogP contribution < -0.4 is 10.6 Å². The summed E-state index contributed by atoms with van der Waals surface area (Å²) in [6, 6.07) is 6.00. The third-order valence-corrected chi connectivity index (χ3v) is 3.43. The fourth-order valence-corrected chi connectivity index (χ4v) is 2.13. The lowest BCUT2D eigenvalue weighted by Gasteiger charge is -2.26. The van der Waals surface area contributed by atoms with Crippen molar-refractivity contribution in [2.75, 3.05) is 32.1 Å². The number of allylic oxidation sites excluding steroid dienone is 1. The number of halogens is 1. The highest BCUT2D eigenvalue weighted by Gasteiger charge is 2.26. The Morgan fingerprint density at radius 3 is 2.26 bits per heavy atom. The molecule has 0 aliphatic rings. The van der Waals surface area contributed by atoms with Crippen molar-refractivity contribution in [1.82, 2.24) is 4.90 Å². The van der Waals surface area contributed by atoms with Gasteiger partial charge in [0.1, 0.15) is 11.4 Å². The molecule has 126 valence electrons. The molecule has 0 unspecified atom stereocenters. The number of benzene rings is 1. The van der Waals surface area contributed by atoms with E-state index in [9.17, 15) is 14.0 Å². The van der Waals surface area contributed by atoms with Crippen molar-refractivity contribution in [3.8, 4) is 0 Å². The Hall–Kier alpha value is -2.21. The van der Waals surface area contributed by atoms with Gasteiger partial charge in [-0.15, -0.1) is 0 Å². The third-order valence-electron chi connectivity index (χ3n) is 3.43. The second-order valence-corrected chi connectivity index (χ2v) is 5.52. The molecule has 0 saturated carbocycles. The van der Waals surface area contributed by atoms with Crippen LogP contribution in [0.1, 0.15) is 20.3 Å². The molecule has 1 aromatic rings. The second-order valence-electron chi connectivity index (χ2n) is 5.52. The Bertz CT molecular complexity index is 612. The van der Waals surface area contributed by atoms with Gasteiger partial charge in [-0.05, 0) is 39.6 Å². The number of carbonyl (C=O) groups excluding carboxylic acids is 2. The highest BCUT2D eigenvalue weighted by atomic mass is 19.1. The lowest BCUT2D eigenvalue weighted by Crippen LogP contribution is -2.40. The van der Waals surface area contributed by atoms with Gasteiger partial charge in [-0.1, -0.05) is 19.1 Å². The normalized spacial score (nSPS) is 12.1. The van der Waals surface area contributed by atoms with E-state index >= 15 is 0 Å². The number of anilines is 1. The summed E-state index contributed by atoms with van der Waals surface area (Å²) < 4.78 is 14.1. The van der Waals surface area contributed by atoms with Gasteiger partial charge in [-0.25, -0.2) is 4.39 Å². The molecule has 0 heterocycles. The second kappa shape index (κ2) is 8.43. The molecule has 0 atom stereocenters. The smallest absolute Gasteiger partial charge is 0.263 e. The Balaban J connectivity index is 3.31. The van der Waals surface area contributed by atoms with Crippen molar-refractivity contribution in [3.05, 3.63) is 41.4 Å². The lowest BCUT2D eigenvalue weighted by molar-refractivity contribution is -0.120. The van der Waals surface area contributed by atoms with Crippen LogP contribution in [-0.4, -0.2) is 43.8 Å². The van der Waals surface area contributed by atoms with Gasteiger partial charge in [0, 0.05) is 18.8 Å². The highest BCUT2D eigenvalue weighted by molar-refractivity contribution is 6.24. The highest BCUT2D eigenvalue weighted by Crippen LogP contribution is 2.22. The molecular weight excluding hydrogens is 297 g/mol. The summed E-state index contributed by atoms with van der Waals surface area (Å²) in [6.07, 6.45) is 0.374. The van der Waals surface area contributed by atoms with Gasteiger partial charge in [-0.3, -0.25) is 9.59 Å². The predicted molar refractivity (Wildman–Crippen MR) is 89.5 cm³/mol. The van der Waals surface area contributed by atoms with Crippen molar-refractivity contribution in [1.29, 1.82) is 0 Å². The van der Waals surface area contributed by atoms with E-state index in [4.69, 9.17) is 5.73 Å². The van der Waals surface area contributed by atoms with Crippen LogP contribution in [0.2, 0.25) is 0 Å². The maximum Gasteiger partial charge on any atom is 0.263 e. The first-order chi connectivity index (χ1) is 10.8. The molecule has 0 radical (unpaired) electrons. The molecule has 0 aromatic heterocycles. The molecule has 0 bridgehead atoms. The maximum absolute atomic E-state index is 14.1. The molecule has 23 heavy (non-hydrogen) atoms. The van der Waals surface area contributed by atoms with E-state index in [0.717, 1.165) is 0 Å². The summed E-state index contributed by atoms with van der Waals surface area (Å²) in [5.74, 6) is -1.50. The number of ketones is 1. The number of likely N-dealkylation sites (N-methyl/N-ethyl adjacent to an activating group) is 1. The average Bonchev–Trinajstić information content (AvgIpc) is 2.48. The van der Waals surface area contributed by atoms with Crippen LogP contribution in [0.25, 0.3) is 0 Å². The molecule has 2 N–H and O–H groups in total. The number of rotatable bonds is 7. The number of nitrogens with zero attached hydrogens (tertiary/aromatic N) is 2. The van der Waals surface area contributed by atoms with Crippen LogP contribution in [0.5, 0.6) is 0 Å². The van der Waals surface area contributed by atoms with E-state index in [0.29, 0.717) is 13.0 Å². The standard InChI is InChI=1S/C17H24FN3O2/c1-5-14(19)16(12(2)22)17(23)21(11-10-20(3)4)15-9-7-6-8-13(15)18/h6-9H,5,10-11,19H2,1-4H3. The van der Waals surface area contributed by atoms with E-state index in [2.05, 4.69) is 0 Å². The Labute approximate surface area is 136 Å². The van der Waals surface area contributed by atoms with Crippen LogP contribution in [0.3, 0.4) is 0 Å². The fourth-order valence-electron chi connectivity index (χ4n) is 2.13. The molecule has 0 aliphatic heterocycles. The van der Waals surface area contributed by atoms with Crippen molar-refractivity contribution < 1.29 is 14.0 Å². The first-order valence-electron chi connectivity index (χ1n) is 7.50. The SMILES string of the molecule is CCC(N)=C(C(C)=O)C(=O)N(CCN(C)C)c1ccccc1F. The molecule has 0 fully saturated rings. The first kappa shape index (κ1) is 18.8. The minimum atomic E-state index is -0.566. The van der Waals surface area contributed by atoms with Gasteiger partial charge in [-0.2, -0.15) is 0 Å². The van der Waals surface area contributed by atoms with E-state index in [1.165, 1.54) is 24.0 Å². The maximum atomic E-state index is 14.1. The lowest BCUT2D eigenvalue weighted by atomic mass is 10.1. The van der Waals surface area contributed by atoms with Crippen molar-refractivity contribution in [2.45, 2.75) is 20.3 Å². The molecule has 0 saturated heterocycles. The van der Waals surface area contributed by atoms with Gasteiger partial charge < -0.3 is 15.5 Å². The zero-order valence-corrected chi connectivity index (χ0v) is 14.1. The number of amides is 1. The van der Waals surface area contributed by atoms with E-state index < -0.39 is 17.5 Å². The summed E-state index contributed by atoms with van der Waals surface area (Å²) in [4.78, 5) is 27.8. The summed E-state index contributed by atoms with van der Waals surface area (Å²) >= 11 is 0. The number of Topliss-reactive ketones (excluding diaryl/α,β-unsaturated/α-hetero) is 1. The van der Waals surface area contributed by atoms with E-state index in [1.807, 2.05) is 19.0 Å². The minimum Gasteiger partial charge on any atom is -0.401 e. The quantitative estimate of drug-likeness (QED) is 0.473.